The Labute approximate surface area is 79.0 Å². The molecule has 0 aliphatic rings. The van der Waals surface area contributed by atoms with Gasteiger partial charge >= 0.3 is 12.1 Å². The molecular formula is C8H10F3NO2. The van der Waals surface area contributed by atoms with Crippen LogP contribution in [0.4, 0.5) is 13.2 Å². The van der Waals surface area contributed by atoms with Crippen LogP contribution in [0.5, 0.6) is 0 Å². The molecule has 0 aromatic heterocycles. The van der Waals surface area contributed by atoms with E-state index in [1.54, 1.807) is 0 Å². The van der Waals surface area contributed by atoms with E-state index < -0.39 is 29.9 Å². The van der Waals surface area contributed by atoms with Gasteiger partial charge in [-0.3, -0.25) is 4.99 Å². The second-order valence-electron chi connectivity index (χ2n) is 2.47. The summed E-state index contributed by atoms with van der Waals surface area (Å²) in [7, 11) is 1.13. The van der Waals surface area contributed by atoms with E-state index in [2.05, 4.69) is 4.99 Å². The number of aliphatic carboxylic acids is 1. The summed E-state index contributed by atoms with van der Waals surface area (Å²) in [5.41, 5.74) is -0.877. The van der Waals surface area contributed by atoms with Crippen molar-refractivity contribution in [1.82, 2.24) is 0 Å². The van der Waals surface area contributed by atoms with Crippen molar-refractivity contribution in [2.75, 3.05) is 7.05 Å². The number of hydrogen-bond donors (Lipinski definition) is 1. The summed E-state index contributed by atoms with van der Waals surface area (Å²) >= 11 is 0. The summed E-state index contributed by atoms with van der Waals surface area (Å²) in [6.07, 6.45) is -4.68. The first kappa shape index (κ1) is 12.7. The Balaban J connectivity index is 4.84. The van der Waals surface area contributed by atoms with Gasteiger partial charge in [0.05, 0.1) is 17.7 Å². The van der Waals surface area contributed by atoms with E-state index >= 15 is 0 Å². The van der Waals surface area contributed by atoms with Gasteiger partial charge < -0.3 is 5.11 Å². The molecule has 14 heavy (non-hydrogen) atoms. The molecule has 0 bridgehead atoms. The summed E-state index contributed by atoms with van der Waals surface area (Å²) < 4.78 is 35.9. The maximum Gasteiger partial charge on any atom is 0.394 e. The molecule has 6 heteroatoms. The van der Waals surface area contributed by atoms with Crippen molar-refractivity contribution in [3.63, 3.8) is 0 Å². The van der Waals surface area contributed by atoms with Gasteiger partial charge in [-0.1, -0.05) is 6.08 Å². The fraction of sp³-hybridized carbons (Fsp3) is 0.500. The number of carbonyl (C=O) groups is 1. The average Bonchev–Trinajstić information content (AvgIpc) is 2.00. The summed E-state index contributed by atoms with van der Waals surface area (Å²) in [6.45, 7) is 1.35. The SMILES string of the molecule is C/C=C(C(=O)O)\C(CC(F)(F)F)=N/C. The van der Waals surface area contributed by atoms with E-state index in [0.717, 1.165) is 13.1 Å². The van der Waals surface area contributed by atoms with Crippen LogP contribution in [0.3, 0.4) is 0 Å². The van der Waals surface area contributed by atoms with Gasteiger partial charge in [0.1, 0.15) is 0 Å². The van der Waals surface area contributed by atoms with Crippen LogP contribution in [0, 0.1) is 0 Å². The summed E-state index contributed by atoms with van der Waals surface area (Å²) in [4.78, 5) is 13.8. The lowest BCUT2D eigenvalue weighted by Crippen LogP contribution is -2.20. The van der Waals surface area contributed by atoms with Crippen molar-refractivity contribution < 1.29 is 23.1 Å². The Bertz CT molecular complexity index is 279. The molecule has 0 aromatic carbocycles. The van der Waals surface area contributed by atoms with Crippen molar-refractivity contribution in [1.29, 1.82) is 0 Å². The third-order valence-electron chi connectivity index (χ3n) is 1.47. The van der Waals surface area contributed by atoms with Crippen LogP contribution < -0.4 is 0 Å². The monoisotopic (exact) mass is 209 g/mol. The van der Waals surface area contributed by atoms with Crippen molar-refractivity contribution in [2.45, 2.75) is 19.5 Å². The number of nitrogens with zero attached hydrogens (tertiary/aromatic N) is 1. The van der Waals surface area contributed by atoms with Crippen molar-refractivity contribution in [3.05, 3.63) is 11.6 Å². The summed E-state index contributed by atoms with van der Waals surface area (Å²) in [6, 6.07) is 0. The fourth-order valence-corrected chi connectivity index (χ4v) is 0.898. The van der Waals surface area contributed by atoms with Crippen LogP contribution in [0.15, 0.2) is 16.6 Å². The number of aliphatic imine (C=N–C) groups is 1. The second-order valence-corrected chi connectivity index (χ2v) is 2.47. The first-order valence-electron chi connectivity index (χ1n) is 3.74. The maximum atomic E-state index is 12.0. The molecule has 0 aromatic rings. The fourth-order valence-electron chi connectivity index (χ4n) is 0.898. The molecule has 3 nitrogen and oxygen atoms in total. The zero-order valence-corrected chi connectivity index (χ0v) is 7.72. The molecule has 0 aliphatic heterocycles. The molecule has 0 saturated carbocycles. The van der Waals surface area contributed by atoms with E-state index in [1.807, 2.05) is 0 Å². The maximum absolute atomic E-state index is 12.0. The molecule has 0 heterocycles. The Kier molecular flexibility index (Phi) is 4.33. The average molecular weight is 209 g/mol. The molecule has 0 radical (unpaired) electrons. The van der Waals surface area contributed by atoms with E-state index in [0.29, 0.717) is 0 Å². The van der Waals surface area contributed by atoms with Crippen LogP contribution in [0.2, 0.25) is 0 Å². The molecule has 0 aliphatic carbocycles. The van der Waals surface area contributed by atoms with Gasteiger partial charge in [0.15, 0.2) is 0 Å². The third kappa shape index (κ3) is 4.06. The molecule has 0 saturated heterocycles. The van der Waals surface area contributed by atoms with Gasteiger partial charge in [0, 0.05) is 7.05 Å². The van der Waals surface area contributed by atoms with Gasteiger partial charge in [-0.15, -0.1) is 0 Å². The minimum absolute atomic E-state index is 0.412. The smallest absolute Gasteiger partial charge is 0.394 e. The van der Waals surface area contributed by atoms with E-state index in [1.165, 1.54) is 6.92 Å². The minimum Gasteiger partial charge on any atom is -0.478 e. The molecule has 0 fully saturated rings. The quantitative estimate of drug-likeness (QED) is 0.571. The number of alkyl halides is 3. The number of carboxylic acid groups (broad SMARTS) is 1. The Hall–Kier alpha value is -1.33. The molecule has 0 unspecified atom stereocenters. The van der Waals surface area contributed by atoms with Gasteiger partial charge in [-0.25, -0.2) is 4.79 Å². The Morgan fingerprint density at radius 3 is 2.21 bits per heavy atom. The lowest BCUT2D eigenvalue weighted by molar-refractivity contribution is -0.132. The highest BCUT2D eigenvalue weighted by atomic mass is 19.4. The number of carboxylic acids is 1. The van der Waals surface area contributed by atoms with E-state index in [4.69, 9.17) is 5.11 Å². The van der Waals surface area contributed by atoms with E-state index in [9.17, 15) is 18.0 Å². The number of hydrogen-bond acceptors (Lipinski definition) is 2. The number of allylic oxidation sites excluding steroid dienone is 1. The van der Waals surface area contributed by atoms with Gasteiger partial charge in [-0.05, 0) is 6.92 Å². The van der Waals surface area contributed by atoms with Crippen LogP contribution in [0.25, 0.3) is 0 Å². The zero-order valence-electron chi connectivity index (χ0n) is 7.72. The highest BCUT2D eigenvalue weighted by molar-refractivity contribution is 6.19. The van der Waals surface area contributed by atoms with E-state index in [-0.39, 0.29) is 0 Å². The molecule has 1 N–H and O–H groups in total. The predicted octanol–water partition coefficient (Wildman–Crippen LogP) is 2.04. The van der Waals surface area contributed by atoms with Gasteiger partial charge in [0.25, 0.3) is 0 Å². The zero-order chi connectivity index (χ0) is 11.4. The molecular weight excluding hydrogens is 199 g/mol. The van der Waals surface area contributed by atoms with Crippen LogP contribution in [-0.4, -0.2) is 30.0 Å². The first-order chi connectivity index (χ1) is 6.31. The largest absolute Gasteiger partial charge is 0.478 e. The van der Waals surface area contributed by atoms with Crippen molar-refractivity contribution in [2.24, 2.45) is 4.99 Å². The van der Waals surface area contributed by atoms with Crippen LogP contribution in [0.1, 0.15) is 13.3 Å². The molecule has 80 valence electrons. The van der Waals surface area contributed by atoms with Crippen LogP contribution >= 0.6 is 0 Å². The highest BCUT2D eigenvalue weighted by Gasteiger charge is 2.32. The number of halogens is 3. The molecule has 0 spiro atoms. The molecule has 0 atom stereocenters. The summed E-state index contributed by atoms with van der Waals surface area (Å²) in [5, 5.41) is 8.56. The normalized spacial score (nSPS) is 14.4. The van der Waals surface area contributed by atoms with Gasteiger partial charge in [-0.2, -0.15) is 13.2 Å². The second kappa shape index (κ2) is 4.78. The predicted molar refractivity (Wildman–Crippen MR) is 45.4 cm³/mol. The van der Waals surface area contributed by atoms with Crippen molar-refractivity contribution in [3.8, 4) is 0 Å². The Morgan fingerprint density at radius 2 is 2.00 bits per heavy atom. The highest BCUT2D eigenvalue weighted by Crippen LogP contribution is 2.22. The van der Waals surface area contributed by atoms with Crippen molar-refractivity contribution >= 4 is 11.7 Å². The number of rotatable bonds is 3. The lowest BCUT2D eigenvalue weighted by atomic mass is 10.1. The first-order valence-corrected chi connectivity index (χ1v) is 3.74. The Morgan fingerprint density at radius 1 is 1.50 bits per heavy atom. The summed E-state index contributed by atoms with van der Waals surface area (Å²) in [5.74, 6) is -1.41. The topological polar surface area (TPSA) is 49.7 Å². The minimum atomic E-state index is -4.45. The molecule has 0 amide bonds. The van der Waals surface area contributed by atoms with Crippen LogP contribution in [-0.2, 0) is 4.79 Å². The standard InChI is InChI=1S/C8H10F3NO2/c1-3-5(7(13)14)6(12-2)4-8(9,10)11/h3H,4H2,1-2H3,(H,13,14)/b5-3+,12-6-. The third-order valence-corrected chi connectivity index (χ3v) is 1.47. The lowest BCUT2D eigenvalue weighted by Gasteiger charge is -2.09. The van der Waals surface area contributed by atoms with Gasteiger partial charge in [0.2, 0.25) is 0 Å². The molecule has 0 rings (SSSR count).